The molecule has 3 unspecified atom stereocenters. The number of unbranched alkanes of at least 4 members (excludes halogenated alkanes) is 24. The number of nitrogens with two attached hydrogens (primary N) is 1. The standard InChI is InChI=1S/C46H87N2O6P/c1-3-5-7-9-11-13-15-17-18-19-20-21-22-23-24-25-26-28-30-32-34-36-38-40-46(50)48-44(43-54-55(51,52)53-42-41-47)45(49)39-37-35-33-31-29-27-16-14-12-10-8-6-4-2/h12,14,19-20,29,31,37,39,44-45,49H,3-11,13,15-18,21-28,30,32-36,38,40-43,47H2,1-2H3,(H,48,50)(H,51,52)/b14-12+,20-19-,31-29+,39-37+. The van der Waals surface area contributed by atoms with Gasteiger partial charge in [0.2, 0.25) is 5.91 Å². The number of hydrogen-bond donors (Lipinski definition) is 4. The van der Waals surface area contributed by atoms with E-state index in [1.165, 1.54) is 135 Å². The summed E-state index contributed by atoms with van der Waals surface area (Å²) >= 11 is 0. The van der Waals surface area contributed by atoms with E-state index in [1.807, 2.05) is 6.08 Å². The molecule has 0 radical (unpaired) electrons. The van der Waals surface area contributed by atoms with Crippen LogP contribution in [0.1, 0.15) is 206 Å². The molecule has 8 nitrogen and oxygen atoms in total. The number of aliphatic hydroxyl groups is 1. The number of allylic oxidation sites excluding steroid dienone is 7. The molecule has 0 aliphatic carbocycles. The van der Waals surface area contributed by atoms with Crippen molar-refractivity contribution in [1.29, 1.82) is 0 Å². The van der Waals surface area contributed by atoms with E-state index in [1.54, 1.807) is 6.08 Å². The van der Waals surface area contributed by atoms with Crippen molar-refractivity contribution in [2.24, 2.45) is 5.73 Å². The zero-order valence-electron chi connectivity index (χ0n) is 35.7. The first kappa shape index (κ1) is 53.5. The molecule has 0 saturated heterocycles. The van der Waals surface area contributed by atoms with Gasteiger partial charge in [-0.25, -0.2) is 4.57 Å². The van der Waals surface area contributed by atoms with Crippen molar-refractivity contribution in [3.63, 3.8) is 0 Å². The molecule has 0 aliphatic heterocycles. The first-order valence-electron chi connectivity index (χ1n) is 22.8. The van der Waals surface area contributed by atoms with Crippen LogP contribution in [0.2, 0.25) is 0 Å². The van der Waals surface area contributed by atoms with Crippen LogP contribution in [0.25, 0.3) is 0 Å². The highest BCUT2D eigenvalue weighted by Crippen LogP contribution is 2.43. The van der Waals surface area contributed by atoms with E-state index in [-0.39, 0.29) is 25.7 Å². The van der Waals surface area contributed by atoms with Crippen LogP contribution in [0, 0.1) is 0 Å². The van der Waals surface area contributed by atoms with Crippen molar-refractivity contribution >= 4 is 13.7 Å². The Hall–Kier alpha value is -1.54. The second kappa shape index (κ2) is 42.1. The van der Waals surface area contributed by atoms with Gasteiger partial charge in [-0.3, -0.25) is 13.8 Å². The Morgan fingerprint density at radius 3 is 1.44 bits per heavy atom. The maximum Gasteiger partial charge on any atom is 0.472 e. The fraction of sp³-hybridized carbons (Fsp3) is 0.804. The summed E-state index contributed by atoms with van der Waals surface area (Å²) in [6.07, 6.45) is 51.7. The molecule has 5 N–H and O–H groups in total. The monoisotopic (exact) mass is 795 g/mol. The van der Waals surface area contributed by atoms with Gasteiger partial charge < -0.3 is 21.1 Å². The van der Waals surface area contributed by atoms with Crippen LogP contribution in [-0.2, 0) is 18.4 Å². The number of phosphoric acid groups is 1. The van der Waals surface area contributed by atoms with E-state index in [9.17, 15) is 19.4 Å². The average molecular weight is 795 g/mol. The van der Waals surface area contributed by atoms with E-state index < -0.39 is 20.0 Å². The first-order valence-corrected chi connectivity index (χ1v) is 24.3. The van der Waals surface area contributed by atoms with Crippen molar-refractivity contribution in [1.82, 2.24) is 5.32 Å². The molecule has 0 aromatic heterocycles. The molecule has 0 aromatic rings. The molecular weight excluding hydrogens is 707 g/mol. The molecule has 0 spiro atoms. The van der Waals surface area contributed by atoms with Crippen molar-refractivity contribution in [3.05, 3.63) is 48.6 Å². The van der Waals surface area contributed by atoms with Gasteiger partial charge in [-0.2, -0.15) is 0 Å². The van der Waals surface area contributed by atoms with Crippen LogP contribution in [0.4, 0.5) is 0 Å². The quantitative estimate of drug-likeness (QED) is 0.0275. The second-order valence-electron chi connectivity index (χ2n) is 15.2. The summed E-state index contributed by atoms with van der Waals surface area (Å²) in [6.45, 7) is 4.07. The fourth-order valence-corrected chi connectivity index (χ4v) is 7.15. The van der Waals surface area contributed by atoms with Gasteiger partial charge >= 0.3 is 7.82 Å². The van der Waals surface area contributed by atoms with E-state index in [0.29, 0.717) is 6.42 Å². The summed E-state index contributed by atoms with van der Waals surface area (Å²) in [5, 5.41) is 13.6. The molecule has 0 saturated carbocycles. The Morgan fingerprint density at radius 1 is 0.582 bits per heavy atom. The highest BCUT2D eigenvalue weighted by atomic mass is 31.2. The minimum absolute atomic E-state index is 0.0708. The maximum atomic E-state index is 12.8. The maximum absolute atomic E-state index is 12.8. The summed E-state index contributed by atoms with van der Waals surface area (Å²) < 4.78 is 22.1. The predicted octanol–water partition coefficient (Wildman–Crippen LogP) is 12.9. The number of nitrogens with one attached hydrogen (secondary N) is 1. The van der Waals surface area contributed by atoms with Crippen LogP contribution in [0.3, 0.4) is 0 Å². The lowest BCUT2D eigenvalue weighted by molar-refractivity contribution is -0.123. The largest absolute Gasteiger partial charge is 0.472 e. The van der Waals surface area contributed by atoms with Crippen LogP contribution in [0.15, 0.2) is 48.6 Å². The Morgan fingerprint density at radius 2 is 0.964 bits per heavy atom. The van der Waals surface area contributed by atoms with Crippen LogP contribution in [-0.4, -0.2) is 47.8 Å². The zero-order chi connectivity index (χ0) is 40.3. The van der Waals surface area contributed by atoms with Crippen molar-refractivity contribution in [2.75, 3.05) is 19.8 Å². The van der Waals surface area contributed by atoms with Crippen LogP contribution >= 0.6 is 7.82 Å². The molecule has 9 heteroatoms. The third kappa shape index (κ3) is 40.5. The average Bonchev–Trinajstić information content (AvgIpc) is 3.17. The summed E-state index contributed by atoms with van der Waals surface area (Å²) in [6, 6.07) is -0.883. The van der Waals surface area contributed by atoms with Gasteiger partial charge in [0.25, 0.3) is 0 Å². The highest BCUT2D eigenvalue weighted by molar-refractivity contribution is 7.47. The molecule has 0 fully saturated rings. The molecule has 322 valence electrons. The summed E-state index contributed by atoms with van der Waals surface area (Å²) in [5.74, 6) is -0.210. The normalized spacial score (nSPS) is 14.5. The third-order valence-corrected chi connectivity index (χ3v) is 10.8. The van der Waals surface area contributed by atoms with Gasteiger partial charge in [0, 0.05) is 13.0 Å². The minimum Gasteiger partial charge on any atom is -0.387 e. The molecule has 0 aromatic carbocycles. The summed E-state index contributed by atoms with van der Waals surface area (Å²) in [7, 11) is -4.35. The van der Waals surface area contributed by atoms with Gasteiger partial charge in [-0.15, -0.1) is 0 Å². The summed E-state index contributed by atoms with van der Waals surface area (Å²) in [4.78, 5) is 22.7. The van der Waals surface area contributed by atoms with Crippen LogP contribution in [0.5, 0.6) is 0 Å². The van der Waals surface area contributed by atoms with Crippen molar-refractivity contribution in [3.8, 4) is 0 Å². The zero-order valence-corrected chi connectivity index (χ0v) is 36.6. The number of carbonyl (C=O) groups is 1. The van der Waals surface area contributed by atoms with Gasteiger partial charge in [0.15, 0.2) is 0 Å². The molecular formula is C46H87N2O6P. The highest BCUT2D eigenvalue weighted by Gasteiger charge is 2.26. The molecule has 1 amide bonds. The number of carbonyl (C=O) groups excluding carboxylic acids is 1. The Bertz CT molecular complexity index is 1000. The van der Waals surface area contributed by atoms with Crippen molar-refractivity contribution in [2.45, 2.75) is 219 Å². The van der Waals surface area contributed by atoms with Gasteiger partial charge in [0.05, 0.1) is 25.4 Å². The molecule has 0 heterocycles. The lowest BCUT2D eigenvalue weighted by Crippen LogP contribution is -2.45. The third-order valence-electron chi connectivity index (χ3n) is 9.85. The Labute approximate surface area is 339 Å². The Balaban J connectivity index is 4.14. The summed E-state index contributed by atoms with van der Waals surface area (Å²) in [5.41, 5.74) is 5.37. The lowest BCUT2D eigenvalue weighted by Gasteiger charge is -2.23. The van der Waals surface area contributed by atoms with E-state index in [2.05, 4.69) is 55.6 Å². The lowest BCUT2D eigenvalue weighted by atomic mass is 10.0. The second-order valence-corrected chi connectivity index (χ2v) is 16.7. The molecule has 0 bridgehead atoms. The molecule has 3 atom stereocenters. The van der Waals surface area contributed by atoms with Crippen LogP contribution < -0.4 is 11.1 Å². The van der Waals surface area contributed by atoms with Crippen molar-refractivity contribution < 1.29 is 28.4 Å². The van der Waals surface area contributed by atoms with Gasteiger partial charge in [0.1, 0.15) is 0 Å². The SMILES string of the molecule is CCCCC/C=C/CC/C=C/CC/C=C/C(O)C(COP(=O)(O)OCCN)NC(=O)CCCCCCCCCCCCC/C=C\CCCCCCCCCC. The predicted molar refractivity (Wildman–Crippen MR) is 235 cm³/mol. The first-order chi connectivity index (χ1) is 26.9. The molecule has 0 rings (SSSR count). The number of rotatable bonds is 42. The smallest absolute Gasteiger partial charge is 0.387 e. The number of aliphatic hydroxyl groups excluding tert-OH is 1. The van der Waals surface area contributed by atoms with E-state index in [4.69, 9.17) is 14.8 Å². The number of phosphoric ester groups is 1. The number of hydrogen-bond acceptors (Lipinski definition) is 6. The Kier molecular flexibility index (Phi) is 40.9. The minimum atomic E-state index is -4.35. The van der Waals surface area contributed by atoms with Gasteiger partial charge in [-0.05, 0) is 70.6 Å². The fourth-order valence-electron chi connectivity index (χ4n) is 6.39. The topological polar surface area (TPSA) is 131 Å². The van der Waals surface area contributed by atoms with E-state index in [0.717, 1.165) is 51.4 Å². The van der Waals surface area contributed by atoms with Gasteiger partial charge in [-0.1, -0.05) is 178 Å². The number of amides is 1. The van der Waals surface area contributed by atoms with E-state index >= 15 is 0 Å². The molecule has 55 heavy (non-hydrogen) atoms. The molecule has 0 aliphatic rings.